The zero-order chi connectivity index (χ0) is 17.7. The molecule has 1 heterocycles. The van der Waals surface area contributed by atoms with Crippen molar-refractivity contribution in [1.29, 1.82) is 5.41 Å². The maximum atomic E-state index is 7.68. The number of amidine groups is 2. The van der Waals surface area contributed by atoms with Crippen LogP contribution in [-0.2, 0) is 0 Å². The number of benzene rings is 1. The van der Waals surface area contributed by atoms with Crippen molar-refractivity contribution in [2.45, 2.75) is 46.6 Å². The van der Waals surface area contributed by atoms with E-state index >= 15 is 0 Å². The van der Waals surface area contributed by atoms with Crippen LogP contribution in [0.25, 0.3) is 0 Å². The van der Waals surface area contributed by atoms with E-state index in [-0.39, 0.29) is 11.5 Å². The lowest BCUT2D eigenvalue weighted by atomic mass is 9.93. The smallest absolute Gasteiger partial charge is 0.125 e. The van der Waals surface area contributed by atoms with Gasteiger partial charge in [0.25, 0.3) is 0 Å². The average Bonchev–Trinajstić information content (AvgIpc) is 2.95. The van der Waals surface area contributed by atoms with Gasteiger partial charge in [-0.25, -0.2) is 0 Å². The van der Waals surface area contributed by atoms with Crippen LogP contribution in [0.1, 0.15) is 46.1 Å². The molecule has 1 aromatic carbocycles. The Morgan fingerprint density at radius 3 is 2.54 bits per heavy atom. The number of likely N-dealkylation sites (tertiary alicyclic amines) is 1. The SMILES string of the molecule is CC(=N)N1CCC(N=C(N)c2ccc(OCCC(C)(C)C)cc2)C1. The Morgan fingerprint density at radius 1 is 1.33 bits per heavy atom. The molecule has 1 unspecified atom stereocenters. The van der Waals surface area contributed by atoms with Crippen LogP contribution in [0.5, 0.6) is 5.75 Å². The van der Waals surface area contributed by atoms with Gasteiger partial charge in [-0.2, -0.15) is 0 Å². The van der Waals surface area contributed by atoms with Gasteiger partial charge in [-0.05, 0) is 49.4 Å². The molecule has 1 saturated heterocycles. The van der Waals surface area contributed by atoms with Crippen molar-refractivity contribution in [2.75, 3.05) is 19.7 Å². The van der Waals surface area contributed by atoms with Crippen LogP contribution in [0, 0.1) is 10.8 Å². The molecule has 0 spiro atoms. The van der Waals surface area contributed by atoms with Gasteiger partial charge in [0, 0.05) is 18.7 Å². The van der Waals surface area contributed by atoms with Gasteiger partial charge in [-0.1, -0.05) is 20.8 Å². The van der Waals surface area contributed by atoms with E-state index in [4.69, 9.17) is 15.9 Å². The molecular weight excluding hydrogens is 300 g/mol. The summed E-state index contributed by atoms with van der Waals surface area (Å²) in [4.78, 5) is 6.65. The Balaban J connectivity index is 1.90. The minimum Gasteiger partial charge on any atom is -0.494 e. The molecule has 1 aromatic rings. The molecule has 0 radical (unpaired) electrons. The summed E-state index contributed by atoms with van der Waals surface area (Å²) in [5.41, 5.74) is 7.34. The number of nitrogens with zero attached hydrogens (tertiary/aromatic N) is 2. The van der Waals surface area contributed by atoms with E-state index in [0.717, 1.165) is 37.2 Å². The first kappa shape index (κ1) is 18.3. The number of nitrogens with two attached hydrogens (primary N) is 1. The summed E-state index contributed by atoms with van der Waals surface area (Å²) in [5.74, 6) is 2.02. The molecule has 3 N–H and O–H groups in total. The largest absolute Gasteiger partial charge is 0.494 e. The van der Waals surface area contributed by atoms with Gasteiger partial charge >= 0.3 is 0 Å². The number of hydrogen-bond donors (Lipinski definition) is 2. The van der Waals surface area contributed by atoms with E-state index in [1.54, 1.807) is 0 Å². The van der Waals surface area contributed by atoms with Crippen molar-refractivity contribution in [2.24, 2.45) is 16.1 Å². The summed E-state index contributed by atoms with van der Waals surface area (Å²) in [6, 6.07) is 7.99. The lowest BCUT2D eigenvalue weighted by Crippen LogP contribution is -2.27. The van der Waals surface area contributed by atoms with Gasteiger partial charge in [0.2, 0.25) is 0 Å². The third kappa shape index (κ3) is 5.55. The van der Waals surface area contributed by atoms with Crippen LogP contribution < -0.4 is 10.5 Å². The summed E-state index contributed by atoms with van der Waals surface area (Å²) in [6.07, 6.45) is 1.97. The standard InChI is InChI=1S/C19H30N4O/c1-14(20)23-11-9-16(13-23)22-18(21)15-5-7-17(8-6-15)24-12-10-19(2,3)4/h5-8,16,20H,9-13H2,1-4H3,(H2,21,22). The zero-order valence-corrected chi connectivity index (χ0v) is 15.3. The van der Waals surface area contributed by atoms with Crippen molar-refractivity contribution in [3.8, 4) is 5.75 Å². The quantitative estimate of drug-likeness (QED) is 0.642. The summed E-state index contributed by atoms with van der Waals surface area (Å²) >= 11 is 0. The molecule has 5 heteroatoms. The van der Waals surface area contributed by atoms with Crippen LogP contribution in [0.4, 0.5) is 0 Å². The zero-order valence-electron chi connectivity index (χ0n) is 15.3. The Bertz CT molecular complexity index is 586. The molecule has 0 saturated carbocycles. The predicted molar refractivity (Wildman–Crippen MR) is 100 cm³/mol. The molecular formula is C19H30N4O. The van der Waals surface area contributed by atoms with Gasteiger partial charge in [0.05, 0.1) is 18.5 Å². The predicted octanol–water partition coefficient (Wildman–Crippen LogP) is 3.28. The summed E-state index contributed by atoms with van der Waals surface area (Å²) in [6.45, 7) is 10.8. The molecule has 1 atom stereocenters. The molecule has 2 rings (SSSR count). The summed E-state index contributed by atoms with van der Waals surface area (Å²) < 4.78 is 5.78. The van der Waals surface area contributed by atoms with E-state index in [2.05, 4.69) is 25.8 Å². The van der Waals surface area contributed by atoms with Gasteiger partial charge in [0.1, 0.15) is 11.6 Å². The van der Waals surface area contributed by atoms with Crippen molar-refractivity contribution in [1.82, 2.24) is 4.90 Å². The minimum atomic E-state index is 0.174. The molecule has 24 heavy (non-hydrogen) atoms. The van der Waals surface area contributed by atoms with E-state index in [9.17, 15) is 0 Å². The molecule has 5 nitrogen and oxygen atoms in total. The fourth-order valence-electron chi connectivity index (χ4n) is 2.62. The van der Waals surface area contributed by atoms with E-state index in [0.29, 0.717) is 18.3 Å². The second-order valence-electron chi connectivity index (χ2n) is 7.67. The van der Waals surface area contributed by atoms with Crippen molar-refractivity contribution < 1.29 is 4.74 Å². The number of ether oxygens (including phenoxy) is 1. The Hall–Kier alpha value is -2.04. The van der Waals surface area contributed by atoms with Crippen LogP contribution >= 0.6 is 0 Å². The minimum absolute atomic E-state index is 0.174. The summed E-state index contributed by atoms with van der Waals surface area (Å²) in [5, 5.41) is 7.68. The maximum absolute atomic E-state index is 7.68. The first-order chi connectivity index (χ1) is 11.2. The lowest BCUT2D eigenvalue weighted by molar-refractivity contribution is 0.243. The third-order valence-corrected chi connectivity index (χ3v) is 4.23. The highest BCUT2D eigenvalue weighted by Gasteiger charge is 2.22. The number of nitrogens with one attached hydrogen (secondary N) is 1. The maximum Gasteiger partial charge on any atom is 0.125 e. The highest BCUT2D eigenvalue weighted by Crippen LogP contribution is 2.20. The number of hydrogen-bond acceptors (Lipinski definition) is 3. The topological polar surface area (TPSA) is 74.7 Å². The Morgan fingerprint density at radius 2 is 2.00 bits per heavy atom. The molecule has 132 valence electrons. The first-order valence-electron chi connectivity index (χ1n) is 8.61. The van der Waals surface area contributed by atoms with E-state index in [1.165, 1.54) is 0 Å². The van der Waals surface area contributed by atoms with Crippen LogP contribution in [-0.4, -0.2) is 42.3 Å². The fraction of sp³-hybridized carbons (Fsp3) is 0.579. The van der Waals surface area contributed by atoms with Crippen LogP contribution in [0.3, 0.4) is 0 Å². The third-order valence-electron chi connectivity index (χ3n) is 4.23. The normalized spacial score (nSPS) is 18.8. The lowest BCUT2D eigenvalue weighted by Gasteiger charge is -2.18. The monoisotopic (exact) mass is 330 g/mol. The highest BCUT2D eigenvalue weighted by atomic mass is 16.5. The molecule has 1 aliphatic rings. The first-order valence-corrected chi connectivity index (χ1v) is 8.61. The summed E-state index contributed by atoms with van der Waals surface area (Å²) in [7, 11) is 0. The second kappa shape index (κ2) is 7.69. The molecule has 1 aliphatic heterocycles. The molecule has 1 fully saturated rings. The van der Waals surface area contributed by atoms with Gasteiger partial charge in [0.15, 0.2) is 0 Å². The van der Waals surface area contributed by atoms with Crippen LogP contribution in [0.15, 0.2) is 29.3 Å². The average molecular weight is 330 g/mol. The van der Waals surface area contributed by atoms with E-state index in [1.807, 2.05) is 36.1 Å². The van der Waals surface area contributed by atoms with Crippen LogP contribution in [0.2, 0.25) is 0 Å². The van der Waals surface area contributed by atoms with Crippen molar-refractivity contribution >= 4 is 11.7 Å². The Labute approximate surface area is 145 Å². The molecule has 0 amide bonds. The second-order valence-corrected chi connectivity index (χ2v) is 7.67. The fourth-order valence-corrected chi connectivity index (χ4v) is 2.62. The number of aliphatic imine (C=N–C) groups is 1. The Kier molecular flexibility index (Phi) is 5.86. The van der Waals surface area contributed by atoms with Gasteiger partial charge in [-0.3, -0.25) is 10.4 Å². The van der Waals surface area contributed by atoms with Crippen molar-refractivity contribution in [3.05, 3.63) is 29.8 Å². The van der Waals surface area contributed by atoms with Crippen molar-refractivity contribution in [3.63, 3.8) is 0 Å². The molecule has 0 bridgehead atoms. The molecule has 0 aliphatic carbocycles. The molecule has 0 aromatic heterocycles. The van der Waals surface area contributed by atoms with Gasteiger partial charge < -0.3 is 15.4 Å². The number of rotatable bonds is 5. The highest BCUT2D eigenvalue weighted by molar-refractivity contribution is 5.97. The van der Waals surface area contributed by atoms with Gasteiger partial charge in [-0.15, -0.1) is 0 Å². The van der Waals surface area contributed by atoms with E-state index < -0.39 is 0 Å².